The fourth-order valence-corrected chi connectivity index (χ4v) is 5.39. The van der Waals surface area contributed by atoms with E-state index < -0.39 is 11.7 Å². The third-order valence-corrected chi connectivity index (χ3v) is 7.13. The molecule has 180 valence electrons. The summed E-state index contributed by atoms with van der Waals surface area (Å²) in [6.45, 7) is 6.16. The van der Waals surface area contributed by atoms with Crippen molar-refractivity contribution in [2.45, 2.75) is 64.4 Å². The Kier molecular flexibility index (Phi) is 8.86. The van der Waals surface area contributed by atoms with Gasteiger partial charge in [-0.15, -0.1) is 0 Å². The zero-order valence-electron chi connectivity index (χ0n) is 20.7. The molecule has 3 aromatic carbocycles. The highest BCUT2D eigenvalue weighted by molar-refractivity contribution is 5.86. The van der Waals surface area contributed by atoms with Crippen molar-refractivity contribution in [2.75, 3.05) is 0 Å². The maximum atomic E-state index is 11.8. The molecule has 0 bridgehead atoms. The summed E-state index contributed by atoms with van der Waals surface area (Å²) in [5.74, 6) is 0.523. The van der Waals surface area contributed by atoms with Gasteiger partial charge in [-0.1, -0.05) is 79.7 Å². The summed E-state index contributed by atoms with van der Waals surface area (Å²) in [6, 6.07) is 25.4. The molecule has 0 spiro atoms. The van der Waals surface area contributed by atoms with Crippen LogP contribution in [-0.4, -0.2) is 17.9 Å². The van der Waals surface area contributed by atoms with Gasteiger partial charge in [0.2, 0.25) is 0 Å². The van der Waals surface area contributed by atoms with Crippen molar-refractivity contribution < 1.29 is 9.53 Å². The lowest BCUT2D eigenvalue weighted by molar-refractivity contribution is -0.0183. The average Bonchev–Trinajstić information content (AvgIpc) is 2.81. The molecule has 0 aliphatic rings. The summed E-state index contributed by atoms with van der Waals surface area (Å²) >= 11 is 0. The third kappa shape index (κ3) is 6.69. The van der Waals surface area contributed by atoms with E-state index in [1.165, 1.54) is 28.1 Å². The normalized spacial score (nSPS) is 14.3. The van der Waals surface area contributed by atoms with Gasteiger partial charge in [0.25, 0.3) is 0 Å². The summed E-state index contributed by atoms with van der Waals surface area (Å²) in [5.41, 5.74) is 7.34. The molecule has 3 aromatic rings. The largest absolute Gasteiger partial charge is 0.443 e. The van der Waals surface area contributed by atoms with Crippen LogP contribution in [0.3, 0.4) is 0 Å². The Labute approximate surface area is 204 Å². The van der Waals surface area contributed by atoms with Gasteiger partial charge in [0.15, 0.2) is 0 Å². The molecule has 0 aromatic heterocycles. The fourth-order valence-electron chi connectivity index (χ4n) is 5.39. The van der Waals surface area contributed by atoms with E-state index in [1.54, 1.807) is 0 Å². The first-order valence-corrected chi connectivity index (χ1v) is 12.3. The van der Waals surface area contributed by atoms with E-state index in [0.29, 0.717) is 5.92 Å². The molecule has 4 heteroatoms. The van der Waals surface area contributed by atoms with Crippen LogP contribution in [0.25, 0.3) is 10.8 Å². The average molecular weight is 459 g/mol. The predicted octanol–water partition coefficient (Wildman–Crippen LogP) is 7.50. The number of aryl methyl sites for hydroxylation is 1. The van der Waals surface area contributed by atoms with Crippen LogP contribution in [0.1, 0.15) is 63.5 Å². The SMILES string of the molecule is C[C@@H](c1cccc2ccccc12)C(CC(CC=N)CCCc1ccccc1)C(C)(C)OC(N)=O. The summed E-state index contributed by atoms with van der Waals surface area (Å²) in [5, 5.41) is 10.2. The number of hydrogen-bond acceptors (Lipinski definition) is 3. The molecule has 3 N–H and O–H groups in total. The van der Waals surface area contributed by atoms with Crippen LogP contribution in [-0.2, 0) is 11.2 Å². The van der Waals surface area contributed by atoms with Gasteiger partial charge in [-0.25, -0.2) is 4.79 Å². The highest BCUT2D eigenvalue weighted by atomic mass is 16.6. The summed E-state index contributed by atoms with van der Waals surface area (Å²) in [4.78, 5) is 11.8. The lowest BCUT2D eigenvalue weighted by Crippen LogP contribution is -2.42. The maximum Gasteiger partial charge on any atom is 0.405 e. The van der Waals surface area contributed by atoms with Gasteiger partial charge in [-0.05, 0) is 85.9 Å². The van der Waals surface area contributed by atoms with E-state index >= 15 is 0 Å². The summed E-state index contributed by atoms with van der Waals surface area (Å²) < 4.78 is 5.69. The van der Waals surface area contributed by atoms with E-state index in [9.17, 15) is 4.79 Å². The summed E-state index contributed by atoms with van der Waals surface area (Å²) in [6.07, 6.45) is 5.47. The van der Waals surface area contributed by atoms with Gasteiger partial charge in [0, 0.05) is 5.92 Å². The molecular formula is C30H38N2O2. The van der Waals surface area contributed by atoms with Crippen LogP contribution >= 0.6 is 0 Å². The van der Waals surface area contributed by atoms with Crippen LogP contribution in [0, 0.1) is 17.2 Å². The first-order valence-electron chi connectivity index (χ1n) is 12.3. The minimum absolute atomic E-state index is 0.0486. The van der Waals surface area contributed by atoms with Gasteiger partial charge in [-0.2, -0.15) is 0 Å². The smallest absolute Gasteiger partial charge is 0.405 e. The molecule has 0 aliphatic heterocycles. The van der Waals surface area contributed by atoms with Gasteiger partial charge < -0.3 is 15.9 Å². The first kappa shape index (κ1) is 25.5. The van der Waals surface area contributed by atoms with E-state index in [1.807, 2.05) is 19.9 Å². The van der Waals surface area contributed by atoms with Gasteiger partial charge in [0.05, 0.1) is 0 Å². The second-order valence-corrected chi connectivity index (χ2v) is 9.91. The number of nitrogens with two attached hydrogens (primary N) is 1. The third-order valence-electron chi connectivity index (χ3n) is 7.13. The number of rotatable bonds is 12. The molecule has 0 fully saturated rings. The van der Waals surface area contributed by atoms with E-state index in [2.05, 4.69) is 73.7 Å². The number of carbonyl (C=O) groups is 1. The number of ether oxygens (including phenoxy) is 1. The molecule has 1 amide bonds. The minimum Gasteiger partial charge on any atom is -0.443 e. The van der Waals surface area contributed by atoms with Crippen LogP contribution < -0.4 is 5.73 Å². The van der Waals surface area contributed by atoms with E-state index in [-0.39, 0.29) is 11.8 Å². The predicted molar refractivity (Wildman–Crippen MR) is 141 cm³/mol. The zero-order chi connectivity index (χ0) is 24.6. The summed E-state index contributed by atoms with van der Waals surface area (Å²) in [7, 11) is 0. The molecule has 2 unspecified atom stereocenters. The Balaban J connectivity index is 1.86. The Morgan fingerprint density at radius 3 is 2.41 bits per heavy atom. The Morgan fingerprint density at radius 1 is 1.03 bits per heavy atom. The molecule has 34 heavy (non-hydrogen) atoms. The van der Waals surface area contributed by atoms with Gasteiger partial charge >= 0.3 is 6.09 Å². The lowest BCUT2D eigenvalue weighted by Gasteiger charge is -2.39. The molecular weight excluding hydrogens is 420 g/mol. The van der Waals surface area contributed by atoms with Crippen molar-refractivity contribution in [1.29, 1.82) is 5.41 Å². The van der Waals surface area contributed by atoms with Crippen molar-refractivity contribution in [3.05, 3.63) is 83.9 Å². The van der Waals surface area contributed by atoms with Crippen LogP contribution in [0.15, 0.2) is 72.8 Å². The second kappa shape index (κ2) is 11.8. The zero-order valence-corrected chi connectivity index (χ0v) is 20.7. The Hall–Kier alpha value is -3.14. The highest BCUT2D eigenvalue weighted by Gasteiger charge is 2.39. The first-order chi connectivity index (χ1) is 16.3. The fraction of sp³-hybridized carbons (Fsp3) is 0.400. The maximum absolute atomic E-state index is 11.8. The lowest BCUT2D eigenvalue weighted by atomic mass is 9.71. The topological polar surface area (TPSA) is 76.2 Å². The number of amides is 1. The number of hydrogen-bond donors (Lipinski definition) is 2. The molecule has 3 rings (SSSR count). The number of carbonyl (C=O) groups excluding carboxylic acids is 1. The van der Waals surface area contributed by atoms with Gasteiger partial charge in [-0.3, -0.25) is 0 Å². The van der Waals surface area contributed by atoms with Crippen LogP contribution in [0.4, 0.5) is 4.79 Å². The molecule has 0 heterocycles. The standard InChI is InChI=1S/C30H38N2O2/c1-22(26-18-10-16-25-15-7-8-17-27(25)26)28(30(2,3)34-29(32)33)21-24(19-20-31)14-9-13-23-11-5-4-6-12-23/h4-8,10-12,15-18,20,22,24,28,31H,9,13-14,19,21H2,1-3H3,(H2,32,33)/t22-,24?,28?/m0/s1. The quantitative estimate of drug-likeness (QED) is 0.276. The number of primary amides is 1. The van der Waals surface area contributed by atoms with Crippen molar-refractivity contribution in [3.8, 4) is 0 Å². The molecule has 0 radical (unpaired) electrons. The van der Waals surface area contributed by atoms with Crippen molar-refractivity contribution in [1.82, 2.24) is 0 Å². The highest BCUT2D eigenvalue weighted by Crippen LogP contribution is 2.42. The number of fused-ring (bicyclic) bond motifs is 1. The molecule has 0 saturated carbocycles. The van der Waals surface area contributed by atoms with E-state index in [0.717, 1.165) is 32.1 Å². The van der Waals surface area contributed by atoms with Crippen molar-refractivity contribution in [2.24, 2.45) is 17.6 Å². The molecule has 0 saturated heterocycles. The van der Waals surface area contributed by atoms with Crippen molar-refractivity contribution in [3.63, 3.8) is 0 Å². The molecule has 0 aliphatic carbocycles. The van der Waals surface area contributed by atoms with Gasteiger partial charge in [0.1, 0.15) is 5.60 Å². The molecule has 4 nitrogen and oxygen atoms in total. The number of nitrogens with one attached hydrogen (secondary N) is 1. The minimum atomic E-state index is -0.743. The number of benzene rings is 3. The van der Waals surface area contributed by atoms with Crippen LogP contribution in [0.2, 0.25) is 0 Å². The monoisotopic (exact) mass is 458 g/mol. The Morgan fingerprint density at radius 2 is 1.71 bits per heavy atom. The van der Waals surface area contributed by atoms with Crippen molar-refractivity contribution >= 4 is 23.1 Å². The molecule has 3 atom stereocenters. The second-order valence-electron chi connectivity index (χ2n) is 9.91. The Bertz CT molecular complexity index is 1070. The van der Waals surface area contributed by atoms with Crippen LogP contribution in [0.5, 0.6) is 0 Å². The van der Waals surface area contributed by atoms with E-state index in [4.69, 9.17) is 15.9 Å².